The van der Waals surface area contributed by atoms with Crippen molar-refractivity contribution in [3.05, 3.63) is 0 Å². The maximum absolute atomic E-state index is 12.9. The van der Waals surface area contributed by atoms with Crippen molar-refractivity contribution in [2.45, 2.75) is 51.6 Å². The van der Waals surface area contributed by atoms with Crippen molar-refractivity contribution >= 4 is 17.7 Å². The summed E-state index contributed by atoms with van der Waals surface area (Å²) in [6.45, 7) is 6.58. The Hall–Kier alpha value is -1.67. The summed E-state index contributed by atoms with van der Waals surface area (Å²) in [5.41, 5.74) is 0. The van der Waals surface area contributed by atoms with E-state index in [4.69, 9.17) is 4.74 Å². The molecule has 8 heteroatoms. The lowest BCUT2D eigenvalue weighted by Crippen LogP contribution is -2.55. The third-order valence-electron chi connectivity index (χ3n) is 5.30. The van der Waals surface area contributed by atoms with Crippen LogP contribution in [0.5, 0.6) is 0 Å². The molecule has 0 aliphatic carbocycles. The van der Waals surface area contributed by atoms with Crippen molar-refractivity contribution in [2.24, 2.45) is 11.8 Å². The molecule has 2 heterocycles. The number of methoxy groups -OCH3 is 1. The number of carbonyl (C=O) groups is 3. The van der Waals surface area contributed by atoms with Gasteiger partial charge in [0.15, 0.2) is 0 Å². The lowest BCUT2D eigenvalue weighted by Gasteiger charge is -2.36. The fourth-order valence-electron chi connectivity index (χ4n) is 3.76. The molecule has 0 saturated carbocycles. The van der Waals surface area contributed by atoms with Crippen molar-refractivity contribution in [1.29, 1.82) is 0 Å². The van der Waals surface area contributed by atoms with E-state index >= 15 is 0 Å². The molecule has 3 atom stereocenters. The average Bonchev–Trinajstić information content (AvgIpc) is 3.19. The quantitative estimate of drug-likeness (QED) is 0.544. The predicted molar refractivity (Wildman–Crippen MR) is 102 cm³/mol. The van der Waals surface area contributed by atoms with Crippen molar-refractivity contribution in [2.75, 3.05) is 39.9 Å². The molecule has 154 valence electrons. The molecule has 27 heavy (non-hydrogen) atoms. The molecule has 2 unspecified atom stereocenters. The van der Waals surface area contributed by atoms with Crippen LogP contribution in [-0.4, -0.2) is 74.6 Å². The normalized spacial score (nSPS) is 23.9. The van der Waals surface area contributed by atoms with Gasteiger partial charge in [0.1, 0.15) is 12.6 Å². The number of hydrogen-bond donors (Lipinski definition) is 3. The summed E-state index contributed by atoms with van der Waals surface area (Å²) in [6, 6.07) is -0.628. The highest BCUT2D eigenvalue weighted by atomic mass is 16.5. The smallest absolute Gasteiger partial charge is 0.246 e. The summed E-state index contributed by atoms with van der Waals surface area (Å²) in [5, 5.41) is 9.01. The Balaban J connectivity index is 1.85. The van der Waals surface area contributed by atoms with Crippen LogP contribution in [0.2, 0.25) is 0 Å². The summed E-state index contributed by atoms with van der Waals surface area (Å²) in [7, 11) is 1.45. The number of ether oxygens (including phenoxy) is 1. The predicted octanol–water partition coefficient (Wildman–Crippen LogP) is -0.120. The van der Waals surface area contributed by atoms with Crippen molar-refractivity contribution in [3.63, 3.8) is 0 Å². The number of carbonyl (C=O) groups excluding carboxylic acids is 3. The molecular formula is C19H34N4O4. The zero-order chi connectivity index (χ0) is 19.8. The molecule has 2 fully saturated rings. The summed E-state index contributed by atoms with van der Waals surface area (Å²) in [6.07, 6.45) is 3.82. The van der Waals surface area contributed by atoms with Gasteiger partial charge in [-0.15, -0.1) is 0 Å². The highest BCUT2D eigenvalue weighted by molar-refractivity contribution is 5.88. The van der Waals surface area contributed by atoms with E-state index in [1.54, 1.807) is 0 Å². The van der Waals surface area contributed by atoms with E-state index in [2.05, 4.69) is 16.0 Å². The third kappa shape index (κ3) is 6.46. The zero-order valence-corrected chi connectivity index (χ0v) is 16.8. The lowest BCUT2D eigenvalue weighted by atomic mass is 9.95. The SMILES string of the molecule is COCC(=O)N[C@H](C(=O)N1CCCC(CNC(=O)C2CCCN2)C1)C(C)C. The average molecular weight is 383 g/mol. The number of piperidine rings is 1. The van der Waals surface area contributed by atoms with Crippen LogP contribution in [0.1, 0.15) is 39.5 Å². The maximum atomic E-state index is 12.9. The van der Waals surface area contributed by atoms with Crippen molar-refractivity contribution < 1.29 is 19.1 Å². The molecule has 0 aromatic heterocycles. The molecule has 3 N–H and O–H groups in total. The van der Waals surface area contributed by atoms with Gasteiger partial charge in [0.2, 0.25) is 17.7 Å². The van der Waals surface area contributed by atoms with Gasteiger partial charge < -0.3 is 25.6 Å². The Bertz CT molecular complexity index is 520. The summed E-state index contributed by atoms with van der Waals surface area (Å²) in [5.74, 6) is -0.0393. The second-order valence-corrected chi connectivity index (χ2v) is 7.91. The summed E-state index contributed by atoms with van der Waals surface area (Å²) in [4.78, 5) is 38.8. The molecule has 0 bridgehead atoms. The maximum Gasteiger partial charge on any atom is 0.246 e. The van der Waals surface area contributed by atoms with Crippen molar-refractivity contribution in [3.8, 4) is 0 Å². The number of nitrogens with zero attached hydrogens (tertiary/aromatic N) is 1. The monoisotopic (exact) mass is 382 g/mol. The van der Waals surface area contributed by atoms with E-state index in [-0.39, 0.29) is 42.2 Å². The molecule has 8 nitrogen and oxygen atoms in total. The second-order valence-electron chi connectivity index (χ2n) is 7.91. The molecule has 2 rings (SSSR count). The Kier molecular flexibility index (Phi) is 8.50. The number of hydrogen-bond acceptors (Lipinski definition) is 5. The molecule has 0 aromatic rings. The van der Waals surface area contributed by atoms with Crippen LogP contribution < -0.4 is 16.0 Å². The first-order chi connectivity index (χ1) is 12.9. The second kappa shape index (κ2) is 10.6. The minimum absolute atomic E-state index is 0.00757. The fraction of sp³-hybridized carbons (Fsp3) is 0.842. The van der Waals surface area contributed by atoms with Gasteiger partial charge in [0.05, 0.1) is 6.04 Å². The van der Waals surface area contributed by atoms with Gasteiger partial charge in [0, 0.05) is 26.7 Å². The van der Waals surface area contributed by atoms with Crippen LogP contribution in [0.15, 0.2) is 0 Å². The van der Waals surface area contributed by atoms with Crippen molar-refractivity contribution in [1.82, 2.24) is 20.9 Å². The van der Waals surface area contributed by atoms with Crippen LogP contribution in [-0.2, 0) is 19.1 Å². The first kappa shape index (κ1) is 21.6. The minimum atomic E-state index is -0.552. The molecule has 2 aliphatic heterocycles. The standard InChI is InChI=1S/C19H34N4O4/c1-13(2)17(22-16(24)12-27-3)19(26)23-9-5-6-14(11-23)10-21-18(25)15-7-4-8-20-15/h13-15,17,20H,4-12H2,1-3H3,(H,21,25)(H,22,24)/t14?,15?,17-/m0/s1. The van der Waals surface area contributed by atoms with Gasteiger partial charge in [-0.3, -0.25) is 14.4 Å². The minimum Gasteiger partial charge on any atom is -0.375 e. The first-order valence-corrected chi connectivity index (χ1v) is 10.0. The van der Waals surface area contributed by atoms with Crippen LogP contribution >= 0.6 is 0 Å². The Morgan fingerprint density at radius 2 is 2.00 bits per heavy atom. The van der Waals surface area contributed by atoms with E-state index in [9.17, 15) is 14.4 Å². The highest BCUT2D eigenvalue weighted by Crippen LogP contribution is 2.18. The van der Waals surface area contributed by atoms with Crippen LogP contribution in [0.4, 0.5) is 0 Å². The van der Waals surface area contributed by atoms with E-state index in [1.807, 2.05) is 18.7 Å². The van der Waals surface area contributed by atoms with E-state index in [0.717, 1.165) is 32.2 Å². The van der Waals surface area contributed by atoms with Gasteiger partial charge in [-0.05, 0) is 44.1 Å². The number of nitrogens with one attached hydrogen (secondary N) is 3. The molecular weight excluding hydrogens is 348 g/mol. The van der Waals surface area contributed by atoms with Gasteiger partial charge in [-0.1, -0.05) is 13.8 Å². The van der Waals surface area contributed by atoms with Gasteiger partial charge in [0.25, 0.3) is 0 Å². The molecule has 2 aliphatic rings. The van der Waals surface area contributed by atoms with E-state index in [0.29, 0.717) is 19.6 Å². The van der Waals surface area contributed by atoms with E-state index in [1.165, 1.54) is 7.11 Å². The van der Waals surface area contributed by atoms with Gasteiger partial charge in [-0.25, -0.2) is 0 Å². The summed E-state index contributed by atoms with van der Waals surface area (Å²) >= 11 is 0. The lowest BCUT2D eigenvalue weighted by molar-refractivity contribution is -0.140. The Morgan fingerprint density at radius 3 is 2.63 bits per heavy atom. The van der Waals surface area contributed by atoms with Gasteiger partial charge >= 0.3 is 0 Å². The fourth-order valence-corrected chi connectivity index (χ4v) is 3.76. The van der Waals surface area contributed by atoms with Crippen LogP contribution in [0.25, 0.3) is 0 Å². The molecule has 0 aromatic carbocycles. The molecule has 0 radical (unpaired) electrons. The van der Waals surface area contributed by atoms with Gasteiger partial charge in [-0.2, -0.15) is 0 Å². The zero-order valence-electron chi connectivity index (χ0n) is 16.8. The number of rotatable bonds is 8. The Morgan fingerprint density at radius 1 is 1.22 bits per heavy atom. The summed E-state index contributed by atoms with van der Waals surface area (Å²) < 4.78 is 4.84. The topological polar surface area (TPSA) is 99.8 Å². The molecule has 2 saturated heterocycles. The van der Waals surface area contributed by atoms with Crippen LogP contribution in [0, 0.1) is 11.8 Å². The Labute approximate surface area is 161 Å². The molecule has 3 amide bonds. The first-order valence-electron chi connectivity index (χ1n) is 10.0. The largest absolute Gasteiger partial charge is 0.375 e. The molecule has 0 spiro atoms. The van der Waals surface area contributed by atoms with Crippen LogP contribution in [0.3, 0.4) is 0 Å². The number of amides is 3. The highest BCUT2D eigenvalue weighted by Gasteiger charge is 2.32. The number of likely N-dealkylation sites (tertiary alicyclic amines) is 1. The third-order valence-corrected chi connectivity index (χ3v) is 5.30. The van der Waals surface area contributed by atoms with E-state index < -0.39 is 6.04 Å².